The van der Waals surface area contributed by atoms with Gasteiger partial charge in [0.15, 0.2) is 0 Å². The summed E-state index contributed by atoms with van der Waals surface area (Å²) in [7, 11) is -3.29. The van der Waals surface area contributed by atoms with Gasteiger partial charge in [0.25, 0.3) is 5.91 Å². The van der Waals surface area contributed by atoms with Crippen LogP contribution in [0.3, 0.4) is 0 Å². The summed E-state index contributed by atoms with van der Waals surface area (Å²) >= 11 is 0. The summed E-state index contributed by atoms with van der Waals surface area (Å²) in [6, 6.07) is 15.2. The van der Waals surface area contributed by atoms with Crippen LogP contribution in [0.5, 0.6) is 0 Å². The van der Waals surface area contributed by atoms with Crippen LogP contribution in [0.2, 0.25) is 0 Å². The van der Waals surface area contributed by atoms with E-state index in [0.29, 0.717) is 30.8 Å². The molecular formula is C24H31N3O3S. The van der Waals surface area contributed by atoms with Gasteiger partial charge in [0.2, 0.25) is 10.0 Å². The fourth-order valence-electron chi connectivity index (χ4n) is 4.41. The van der Waals surface area contributed by atoms with E-state index in [-0.39, 0.29) is 11.7 Å². The summed E-state index contributed by atoms with van der Waals surface area (Å²) in [4.78, 5) is 15.1. The van der Waals surface area contributed by atoms with Crippen molar-refractivity contribution in [1.29, 1.82) is 0 Å². The zero-order valence-corrected chi connectivity index (χ0v) is 18.9. The van der Waals surface area contributed by atoms with Gasteiger partial charge in [-0.05, 0) is 67.5 Å². The van der Waals surface area contributed by atoms with E-state index in [0.717, 1.165) is 31.0 Å². The molecule has 2 fully saturated rings. The highest BCUT2D eigenvalue weighted by Crippen LogP contribution is 2.25. The topological polar surface area (TPSA) is 69.7 Å². The van der Waals surface area contributed by atoms with Crippen LogP contribution in [0.15, 0.2) is 48.5 Å². The van der Waals surface area contributed by atoms with E-state index in [1.54, 1.807) is 24.3 Å². The first-order chi connectivity index (χ1) is 14.9. The molecule has 7 heteroatoms. The van der Waals surface area contributed by atoms with Gasteiger partial charge >= 0.3 is 0 Å². The van der Waals surface area contributed by atoms with Gasteiger partial charge in [-0.3, -0.25) is 9.10 Å². The minimum Gasteiger partial charge on any atom is -0.371 e. The molecule has 6 nitrogen and oxygen atoms in total. The van der Waals surface area contributed by atoms with Crippen LogP contribution in [-0.4, -0.2) is 39.7 Å². The number of piperidine rings is 1. The van der Waals surface area contributed by atoms with E-state index < -0.39 is 10.0 Å². The Bertz CT molecular complexity index is 1020. The molecule has 4 rings (SSSR count). The molecule has 31 heavy (non-hydrogen) atoms. The standard InChI is InChI=1S/C24H31N3O3S/c1-19-6-5-13-26(18-19)22-11-9-20(10-12-22)17-25-24(28)21-7-4-8-23(16-21)27-14-2-3-15-31(27,29)30/h4,7-12,16,19H,2-3,5-6,13-15,17-18H2,1H3,(H,25,28)/t19-/m0/s1. The second kappa shape index (κ2) is 9.30. The average molecular weight is 442 g/mol. The van der Waals surface area contributed by atoms with Gasteiger partial charge in [-0.25, -0.2) is 8.42 Å². The Balaban J connectivity index is 1.38. The molecule has 1 atom stereocenters. The molecule has 1 N–H and O–H groups in total. The minimum absolute atomic E-state index is 0.162. The average Bonchev–Trinajstić information content (AvgIpc) is 2.77. The number of carbonyl (C=O) groups is 1. The number of anilines is 2. The van der Waals surface area contributed by atoms with Crippen LogP contribution in [0.25, 0.3) is 0 Å². The van der Waals surface area contributed by atoms with Crippen LogP contribution < -0.4 is 14.5 Å². The molecule has 2 heterocycles. The Morgan fingerprint density at radius 1 is 1.03 bits per heavy atom. The first-order valence-electron chi connectivity index (χ1n) is 11.1. The molecule has 0 bridgehead atoms. The first-order valence-corrected chi connectivity index (χ1v) is 12.8. The molecule has 2 aliphatic heterocycles. The highest BCUT2D eigenvalue weighted by Gasteiger charge is 2.26. The van der Waals surface area contributed by atoms with Crippen molar-refractivity contribution in [3.63, 3.8) is 0 Å². The maximum Gasteiger partial charge on any atom is 0.251 e. The summed E-state index contributed by atoms with van der Waals surface area (Å²) in [5, 5.41) is 2.95. The van der Waals surface area contributed by atoms with Crippen LogP contribution in [0.4, 0.5) is 11.4 Å². The largest absolute Gasteiger partial charge is 0.371 e. The molecule has 0 aromatic heterocycles. The summed E-state index contributed by atoms with van der Waals surface area (Å²) in [5.41, 5.74) is 3.30. The lowest BCUT2D eigenvalue weighted by molar-refractivity contribution is 0.0951. The maximum absolute atomic E-state index is 12.7. The lowest BCUT2D eigenvalue weighted by atomic mass is 9.99. The van der Waals surface area contributed by atoms with E-state index in [2.05, 4.69) is 41.4 Å². The Morgan fingerprint density at radius 3 is 2.58 bits per heavy atom. The van der Waals surface area contributed by atoms with Crippen molar-refractivity contribution in [2.75, 3.05) is 34.6 Å². The number of nitrogens with one attached hydrogen (secondary N) is 1. The summed E-state index contributed by atoms with van der Waals surface area (Å²) in [6.45, 7) is 5.39. The summed E-state index contributed by atoms with van der Waals surface area (Å²) in [5.74, 6) is 0.684. The van der Waals surface area contributed by atoms with E-state index >= 15 is 0 Å². The molecule has 0 aliphatic carbocycles. The lowest BCUT2D eigenvalue weighted by Gasteiger charge is -2.32. The Morgan fingerprint density at radius 2 is 1.84 bits per heavy atom. The van der Waals surface area contributed by atoms with E-state index in [9.17, 15) is 13.2 Å². The monoisotopic (exact) mass is 441 g/mol. The second-order valence-corrected chi connectivity index (χ2v) is 10.7. The fraction of sp³-hybridized carbons (Fsp3) is 0.458. The molecule has 0 saturated carbocycles. The number of sulfonamides is 1. The third-order valence-corrected chi connectivity index (χ3v) is 8.03. The SMILES string of the molecule is C[C@H]1CCCN(c2ccc(CNC(=O)c3cccc(N4CCCCS4(=O)=O)c3)cc2)C1. The van der Waals surface area contributed by atoms with Crippen molar-refractivity contribution in [3.8, 4) is 0 Å². The van der Waals surface area contributed by atoms with Crippen LogP contribution >= 0.6 is 0 Å². The van der Waals surface area contributed by atoms with Gasteiger partial charge in [-0.1, -0.05) is 25.1 Å². The first kappa shape index (κ1) is 21.7. The number of rotatable bonds is 5. The summed E-state index contributed by atoms with van der Waals surface area (Å²) in [6.07, 6.45) is 4.05. The quantitative estimate of drug-likeness (QED) is 0.767. The fourth-order valence-corrected chi connectivity index (χ4v) is 6.05. The Kier molecular flexibility index (Phi) is 6.51. The van der Waals surface area contributed by atoms with Gasteiger partial charge in [0.05, 0.1) is 11.4 Å². The summed E-state index contributed by atoms with van der Waals surface area (Å²) < 4.78 is 26.1. The predicted octanol–water partition coefficient (Wildman–Crippen LogP) is 3.78. The van der Waals surface area contributed by atoms with Crippen molar-refractivity contribution in [1.82, 2.24) is 5.32 Å². The smallest absolute Gasteiger partial charge is 0.251 e. The molecule has 2 aliphatic rings. The van der Waals surface area contributed by atoms with Gasteiger partial charge in [0, 0.05) is 37.4 Å². The minimum atomic E-state index is -3.29. The highest BCUT2D eigenvalue weighted by atomic mass is 32.2. The van der Waals surface area contributed by atoms with Gasteiger partial charge in [-0.15, -0.1) is 0 Å². The van der Waals surface area contributed by atoms with Gasteiger partial charge in [-0.2, -0.15) is 0 Å². The molecule has 2 aromatic carbocycles. The van der Waals surface area contributed by atoms with Crippen molar-refractivity contribution < 1.29 is 13.2 Å². The van der Waals surface area contributed by atoms with Crippen LogP contribution in [0.1, 0.15) is 48.5 Å². The Labute approximate surface area is 185 Å². The third-order valence-electron chi connectivity index (χ3n) is 6.16. The molecular weight excluding hydrogens is 410 g/mol. The van der Waals surface area contributed by atoms with E-state index in [1.165, 1.54) is 22.8 Å². The van der Waals surface area contributed by atoms with Crippen molar-refractivity contribution in [3.05, 3.63) is 59.7 Å². The molecule has 0 radical (unpaired) electrons. The molecule has 0 spiro atoms. The maximum atomic E-state index is 12.7. The highest BCUT2D eigenvalue weighted by molar-refractivity contribution is 7.92. The predicted molar refractivity (Wildman–Crippen MR) is 125 cm³/mol. The van der Waals surface area contributed by atoms with Crippen LogP contribution in [0, 0.1) is 5.92 Å². The normalized spacial score (nSPS) is 21.0. The zero-order valence-electron chi connectivity index (χ0n) is 18.1. The molecule has 2 aromatic rings. The number of hydrogen-bond donors (Lipinski definition) is 1. The van der Waals surface area contributed by atoms with Gasteiger partial charge in [0.1, 0.15) is 0 Å². The van der Waals surface area contributed by atoms with E-state index in [4.69, 9.17) is 0 Å². The number of carbonyl (C=O) groups excluding carboxylic acids is 1. The Hall–Kier alpha value is -2.54. The number of benzene rings is 2. The van der Waals surface area contributed by atoms with Crippen LogP contribution in [-0.2, 0) is 16.6 Å². The van der Waals surface area contributed by atoms with Crippen molar-refractivity contribution in [2.45, 2.75) is 39.2 Å². The molecule has 166 valence electrons. The molecule has 0 unspecified atom stereocenters. The van der Waals surface area contributed by atoms with Crippen molar-refractivity contribution in [2.24, 2.45) is 5.92 Å². The van der Waals surface area contributed by atoms with Gasteiger partial charge < -0.3 is 10.2 Å². The molecule has 1 amide bonds. The van der Waals surface area contributed by atoms with Crippen molar-refractivity contribution >= 4 is 27.3 Å². The molecule has 2 saturated heterocycles. The third kappa shape index (κ3) is 5.21. The number of nitrogens with zero attached hydrogens (tertiary/aromatic N) is 2. The lowest BCUT2D eigenvalue weighted by Crippen LogP contribution is -2.38. The zero-order chi connectivity index (χ0) is 21.8. The number of hydrogen-bond acceptors (Lipinski definition) is 4. The second-order valence-electron chi connectivity index (χ2n) is 8.69. The van der Waals surface area contributed by atoms with E-state index in [1.807, 2.05) is 0 Å². The number of amides is 1.